The van der Waals surface area contributed by atoms with E-state index >= 15 is 0 Å². The normalized spacial score (nSPS) is 19.8. The molecule has 1 atom stereocenters. The third kappa shape index (κ3) is 5.02. The number of hydrogen-bond donors (Lipinski definition) is 2. The second-order valence-electron chi connectivity index (χ2n) is 5.65. The Morgan fingerprint density at radius 2 is 2.17 bits per heavy atom. The molecule has 24 heavy (non-hydrogen) atoms. The first-order chi connectivity index (χ1) is 11.5. The van der Waals surface area contributed by atoms with Crippen molar-refractivity contribution in [2.24, 2.45) is 10.9 Å². The van der Waals surface area contributed by atoms with Gasteiger partial charge in [0.15, 0.2) is 27.3 Å². The van der Waals surface area contributed by atoms with Crippen LogP contribution in [0.4, 0.5) is 5.69 Å². The Kier molecular flexibility index (Phi) is 6.30. The molecule has 0 bridgehead atoms. The highest BCUT2D eigenvalue weighted by atomic mass is 32.2. The first kappa shape index (κ1) is 18.4. The van der Waals surface area contributed by atoms with Crippen molar-refractivity contribution < 1.29 is 17.9 Å². The largest absolute Gasteiger partial charge is 0.493 e. The number of nitrogens with zero attached hydrogens (tertiary/aromatic N) is 1. The van der Waals surface area contributed by atoms with Crippen LogP contribution in [0.25, 0.3) is 0 Å². The first-order valence-corrected chi connectivity index (χ1v) is 9.78. The van der Waals surface area contributed by atoms with Crippen molar-refractivity contribution in [3.8, 4) is 11.5 Å². The lowest BCUT2D eigenvalue weighted by Crippen LogP contribution is -2.35. The van der Waals surface area contributed by atoms with E-state index in [1.54, 1.807) is 14.2 Å². The molecule has 134 valence electrons. The predicted molar refractivity (Wildman–Crippen MR) is 95.9 cm³/mol. The number of benzene rings is 1. The molecule has 2 N–H and O–H groups in total. The molecule has 2 rings (SSSR count). The average molecular weight is 355 g/mol. The first-order valence-electron chi connectivity index (χ1n) is 7.96. The number of hydrogen-bond acceptors (Lipinski definition) is 5. The van der Waals surface area contributed by atoms with Crippen LogP contribution in [0.5, 0.6) is 11.5 Å². The summed E-state index contributed by atoms with van der Waals surface area (Å²) in [5.41, 5.74) is 0.811. The molecule has 1 heterocycles. The van der Waals surface area contributed by atoms with Gasteiger partial charge in [-0.1, -0.05) is 0 Å². The van der Waals surface area contributed by atoms with Crippen LogP contribution in [0.1, 0.15) is 13.3 Å². The van der Waals surface area contributed by atoms with Crippen molar-refractivity contribution in [1.29, 1.82) is 0 Å². The van der Waals surface area contributed by atoms with E-state index in [1.165, 1.54) is 0 Å². The molecule has 0 aliphatic carbocycles. The highest BCUT2D eigenvalue weighted by molar-refractivity contribution is 7.91. The van der Waals surface area contributed by atoms with Gasteiger partial charge in [-0.2, -0.15) is 0 Å². The Bertz CT molecular complexity index is 689. The van der Waals surface area contributed by atoms with Gasteiger partial charge < -0.3 is 20.1 Å². The SMILES string of the molecule is CCOc1cc(NC(=NC)NCC2CCS(=O)(=O)C2)ccc1OC. The molecule has 7 nitrogen and oxygen atoms in total. The quantitative estimate of drug-likeness (QED) is 0.594. The van der Waals surface area contributed by atoms with Crippen LogP contribution in [0.15, 0.2) is 23.2 Å². The van der Waals surface area contributed by atoms with Crippen LogP contribution in [0.3, 0.4) is 0 Å². The van der Waals surface area contributed by atoms with Crippen LogP contribution < -0.4 is 20.1 Å². The van der Waals surface area contributed by atoms with E-state index in [0.717, 1.165) is 5.69 Å². The molecule has 1 aromatic rings. The Labute approximate surface area is 143 Å². The average Bonchev–Trinajstić information content (AvgIpc) is 2.91. The van der Waals surface area contributed by atoms with Gasteiger partial charge in [0.05, 0.1) is 25.2 Å². The van der Waals surface area contributed by atoms with Gasteiger partial charge in [-0.15, -0.1) is 0 Å². The molecule has 0 aromatic heterocycles. The molecule has 8 heteroatoms. The lowest BCUT2D eigenvalue weighted by Gasteiger charge is -2.16. The molecular weight excluding hydrogens is 330 g/mol. The smallest absolute Gasteiger partial charge is 0.195 e. The number of sulfone groups is 1. The van der Waals surface area contributed by atoms with Gasteiger partial charge in [-0.3, -0.25) is 4.99 Å². The molecule has 0 amide bonds. The van der Waals surface area contributed by atoms with Crippen molar-refractivity contribution in [2.75, 3.05) is 44.1 Å². The van der Waals surface area contributed by atoms with Gasteiger partial charge in [-0.25, -0.2) is 8.42 Å². The maximum absolute atomic E-state index is 11.5. The Balaban J connectivity index is 1.96. The van der Waals surface area contributed by atoms with E-state index in [0.29, 0.717) is 37.0 Å². The van der Waals surface area contributed by atoms with Crippen molar-refractivity contribution in [3.63, 3.8) is 0 Å². The van der Waals surface area contributed by atoms with E-state index in [9.17, 15) is 8.42 Å². The monoisotopic (exact) mass is 355 g/mol. The number of ether oxygens (including phenoxy) is 2. The molecule has 0 spiro atoms. The summed E-state index contributed by atoms with van der Waals surface area (Å²) in [6.07, 6.45) is 0.698. The molecule has 1 aliphatic rings. The fourth-order valence-electron chi connectivity index (χ4n) is 2.61. The lowest BCUT2D eigenvalue weighted by molar-refractivity contribution is 0.311. The van der Waals surface area contributed by atoms with Crippen molar-refractivity contribution in [2.45, 2.75) is 13.3 Å². The number of aliphatic imine (C=N–C) groups is 1. The fraction of sp³-hybridized carbons (Fsp3) is 0.562. The zero-order valence-electron chi connectivity index (χ0n) is 14.3. The van der Waals surface area contributed by atoms with Gasteiger partial charge in [-0.05, 0) is 31.4 Å². The fourth-order valence-corrected chi connectivity index (χ4v) is 4.47. The van der Waals surface area contributed by atoms with Gasteiger partial charge in [0, 0.05) is 25.3 Å². The topological polar surface area (TPSA) is 89.0 Å². The summed E-state index contributed by atoms with van der Waals surface area (Å²) in [5.74, 6) is 2.56. The molecule has 1 unspecified atom stereocenters. The van der Waals surface area contributed by atoms with Crippen LogP contribution in [0, 0.1) is 5.92 Å². The van der Waals surface area contributed by atoms with Crippen molar-refractivity contribution in [3.05, 3.63) is 18.2 Å². The highest BCUT2D eigenvalue weighted by Gasteiger charge is 2.27. The maximum atomic E-state index is 11.5. The second-order valence-corrected chi connectivity index (χ2v) is 7.87. The predicted octanol–water partition coefficient (Wildman–Crippen LogP) is 1.52. The van der Waals surface area contributed by atoms with Crippen LogP contribution in [-0.4, -0.2) is 53.2 Å². The summed E-state index contributed by atoms with van der Waals surface area (Å²) in [7, 11) is 0.413. The summed E-state index contributed by atoms with van der Waals surface area (Å²) >= 11 is 0. The summed E-state index contributed by atoms with van der Waals surface area (Å²) in [4.78, 5) is 4.17. The van der Waals surface area contributed by atoms with Gasteiger partial charge in [0.25, 0.3) is 0 Å². The van der Waals surface area contributed by atoms with Crippen molar-refractivity contribution >= 4 is 21.5 Å². The van der Waals surface area contributed by atoms with E-state index in [2.05, 4.69) is 15.6 Å². The van der Waals surface area contributed by atoms with E-state index < -0.39 is 9.84 Å². The summed E-state index contributed by atoms with van der Waals surface area (Å²) in [6.45, 7) is 3.03. The summed E-state index contributed by atoms with van der Waals surface area (Å²) < 4.78 is 33.8. The zero-order chi connectivity index (χ0) is 17.6. The van der Waals surface area contributed by atoms with E-state index in [-0.39, 0.29) is 17.4 Å². The Morgan fingerprint density at radius 3 is 2.75 bits per heavy atom. The van der Waals surface area contributed by atoms with Gasteiger partial charge >= 0.3 is 0 Å². The lowest BCUT2D eigenvalue weighted by atomic mass is 10.1. The molecule has 1 aromatic carbocycles. The second kappa shape index (κ2) is 8.23. The third-order valence-electron chi connectivity index (χ3n) is 3.83. The van der Waals surface area contributed by atoms with Gasteiger partial charge in [0.2, 0.25) is 0 Å². The molecule has 0 saturated carbocycles. The molecule has 1 saturated heterocycles. The minimum Gasteiger partial charge on any atom is -0.493 e. The van der Waals surface area contributed by atoms with Crippen LogP contribution in [0.2, 0.25) is 0 Å². The zero-order valence-corrected chi connectivity index (χ0v) is 15.1. The number of anilines is 1. The third-order valence-corrected chi connectivity index (χ3v) is 5.67. The molecule has 1 fully saturated rings. The summed E-state index contributed by atoms with van der Waals surface area (Å²) in [6, 6.07) is 5.54. The van der Waals surface area contributed by atoms with Gasteiger partial charge in [0.1, 0.15) is 0 Å². The number of guanidine groups is 1. The minimum atomic E-state index is -2.86. The minimum absolute atomic E-state index is 0.128. The number of nitrogens with one attached hydrogen (secondary N) is 2. The molecule has 0 radical (unpaired) electrons. The maximum Gasteiger partial charge on any atom is 0.195 e. The standard InChI is InChI=1S/C16H25N3O4S/c1-4-23-15-9-13(5-6-14(15)22-3)19-16(17-2)18-10-12-7-8-24(20,21)11-12/h5-6,9,12H,4,7-8,10-11H2,1-3H3,(H2,17,18,19). The molecular formula is C16H25N3O4S. The Hall–Kier alpha value is -1.96. The van der Waals surface area contributed by atoms with E-state index in [1.807, 2.05) is 25.1 Å². The summed E-state index contributed by atoms with van der Waals surface area (Å²) in [5, 5.41) is 6.36. The molecule has 1 aliphatic heterocycles. The van der Waals surface area contributed by atoms with E-state index in [4.69, 9.17) is 9.47 Å². The van der Waals surface area contributed by atoms with Crippen molar-refractivity contribution in [1.82, 2.24) is 5.32 Å². The Morgan fingerprint density at radius 1 is 1.38 bits per heavy atom. The number of rotatable bonds is 6. The number of methoxy groups -OCH3 is 1. The van der Waals surface area contributed by atoms with Crippen LogP contribution >= 0.6 is 0 Å². The van der Waals surface area contributed by atoms with Crippen LogP contribution in [-0.2, 0) is 9.84 Å². The highest BCUT2D eigenvalue weighted by Crippen LogP contribution is 2.30.